The maximum absolute atomic E-state index is 13.8. The zero-order valence-electron chi connectivity index (χ0n) is 22.4. The van der Waals surface area contributed by atoms with Gasteiger partial charge in [-0.05, 0) is 35.2 Å². The lowest BCUT2D eigenvalue weighted by Crippen LogP contribution is -2.20. The van der Waals surface area contributed by atoms with Gasteiger partial charge in [0.25, 0.3) is 0 Å². The second-order valence-corrected chi connectivity index (χ2v) is 11.8. The number of hydrogen-bond donors (Lipinski definition) is 2. The van der Waals surface area contributed by atoms with Crippen LogP contribution in [0.2, 0.25) is 5.02 Å². The van der Waals surface area contributed by atoms with Crippen LogP contribution in [0.1, 0.15) is 56.1 Å². The van der Waals surface area contributed by atoms with E-state index in [0.29, 0.717) is 46.1 Å². The number of nitrogens with one attached hydrogen (secondary N) is 2. The zero-order valence-corrected chi connectivity index (χ0v) is 23.1. The van der Waals surface area contributed by atoms with Crippen molar-refractivity contribution in [1.29, 1.82) is 5.26 Å². The van der Waals surface area contributed by atoms with E-state index in [1.807, 2.05) is 42.5 Å². The summed E-state index contributed by atoms with van der Waals surface area (Å²) in [5.74, 6) is 0. The first-order valence-corrected chi connectivity index (χ1v) is 13.5. The highest BCUT2D eigenvalue weighted by Gasteiger charge is 2.40. The summed E-state index contributed by atoms with van der Waals surface area (Å²) < 4.78 is 15.4. The largest absolute Gasteiger partial charge is 0.383 e. The number of rotatable bonds is 7. The fourth-order valence-electron chi connectivity index (χ4n) is 4.84. The van der Waals surface area contributed by atoms with Crippen LogP contribution in [0.25, 0.3) is 21.8 Å². The van der Waals surface area contributed by atoms with Gasteiger partial charge in [0, 0.05) is 41.8 Å². The SMILES string of the molecule is CC(C)(C)CNc1c(C#N)cnc2c(Cl)cc(N[C@H](c3cn([C@@H]4C[C@@H]4F)nn3)c3cccc4ncccc34)cc12. The smallest absolute Gasteiger partial charge is 0.125 e. The zero-order chi connectivity index (χ0) is 28.0. The Balaban J connectivity index is 1.47. The van der Waals surface area contributed by atoms with Gasteiger partial charge in [-0.15, -0.1) is 5.10 Å². The van der Waals surface area contributed by atoms with Gasteiger partial charge in [-0.25, -0.2) is 9.07 Å². The minimum absolute atomic E-state index is 0.0124. The number of halogens is 2. The molecular weight excluding hydrogens is 527 g/mol. The molecule has 0 radical (unpaired) electrons. The van der Waals surface area contributed by atoms with Gasteiger partial charge in [-0.1, -0.05) is 55.8 Å². The average molecular weight is 555 g/mol. The van der Waals surface area contributed by atoms with Gasteiger partial charge in [-0.2, -0.15) is 5.26 Å². The lowest BCUT2D eigenvalue weighted by molar-refractivity contribution is 0.425. The molecule has 1 saturated carbocycles. The van der Waals surface area contributed by atoms with Crippen LogP contribution in [0.15, 0.2) is 61.1 Å². The number of pyridine rings is 2. The summed E-state index contributed by atoms with van der Waals surface area (Å²) in [4.78, 5) is 9.00. The number of nitriles is 1. The molecule has 2 aromatic carbocycles. The van der Waals surface area contributed by atoms with Crippen molar-refractivity contribution in [2.75, 3.05) is 17.2 Å². The minimum Gasteiger partial charge on any atom is -0.383 e. The molecule has 3 aromatic heterocycles. The Kier molecular flexibility index (Phi) is 6.51. The van der Waals surface area contributed by atoms with E-state index < -0.39 is 12.2 Å². The van der Waals surface area contributed by atoms with Gasteiger partial charge in [0.05, 0.1) is 45.6 Å². The number of anilines is 2. The highest BCUT2D eigenvalue weighted by atomic mass is 35.5. The van der Waals surface area contributed by atoms with Gasteiger partial charge in [0.2, 0.25) is 0 Å². The molecule has 10 heteroatoms. The predicted molar refractivity (Wildman–Crippen MR) is 155 cm³/mol. The maximum Gasteiger partial charge on any atom is 0.125 e. The van der Waals surface area contributed by atoms with E-state index in [1.165, 1.54) is 0 Å². The standard InChI is InChI=1S/C30H28ClFN8/c1-30(2,3)16-36-27-17(13-33)14-35-28-21(27)10-18(11-22(28)31)37-29(25-15-40(39-38-25)26-12-23(26)32)20-6-4-8-24-19(20)7-5-9-34-24/h4-11,14-15,23,26,29,37H,12,16H2,1-3H3,(H,35,36)/t23-,26+,29-/m0/s1. The molecule has 5 aromatic rings. The van der Waals surface area contributed by atoms with Crippen molar-refractivity contribution < 1.29 is 4.39 Å². The fourth-order valence-corrected chi connectivity index (χ4v) is 5.11. The van der Waals surface area contributed by atoms with E-state index in [0.717, 1.165) is 21.9 Å². The maximum atomic E-state index is 13.8. The summed E-state index contributed by atoms with van der Waals surface area (Å²) in [5, 5.41) is 27.7. The molecular formula is C30H28ClFN8. The van der Waals surface area contributed by atoms with Crippen LogP contribution >= 0.6 is 11.6 Å². The van der Waals surface area contributed by atoms with E-state index in [4.69, 9.17) is 11.6 Å². The molecule has 1 fully saturated rings. The number of hydrogen-bond acceptors (Lipinski definition) is 7. The molecule has 0 saturated heterocycles. The molecule has 1 aliphatic carbocycles. The first kappa shape index (κ1) is 26.0. The molecule has 0 amide bonds. The van der Waals surface area contributed by atoms with Gasteiger partial charge in [-0.3, -0.25) is 9.97 Å². The Morgan fingerprint density at radius 2 is 2.00 bits per heavy atom. The van der Waals surface area contributed by atoms with E-state index in [2.05, 4.69) is 57.8 Å². The molecule has 3 heterocycles. The molecule has 202 valence electrons. The van der Waals surface area contributed by atoms with E-state index in [1.54, 1.807) is 23.3 Å². The third kappa shape index (κ3) is 5.03. The number of fused-ring (bicyclic) bond motifs is 2. The Morgan fingerprint density at radius 1 is 1.18 bits per heavy atom. The summed E-state index contributed by atoms with van der Waals surface area (Å²) in [6.07, 6.45) is 4.65. The van der Waals surface area contributed by atoms with Crippen LogP contribution in [0.3, 0.4) is 0 Å². The van der Waals surface area contributed by atoms with Crippen LogP contribution < -0.4 is 10.6 Å². The minimum atomic E-state index is -0.900. The highest BCUT2D eigenvalue weighted by Crippen LogP contribution is 2.40. The molecule has 0 spiro atoms. The van der Waals surface area contributed by atoms with Crippen molar-refractivity contribution >= 4 is 44.8 Å². The van der Waals surface area contributed by atoms with Gasteiger partial charge in [0.15, 0.2) is 0 Å². The third-order valence-electron chi connectivity index (χ3n) is 6.99. The molecule has 3 atom stereocenters. The van der Waals surface area contributed by atoms with Crippen molar-refractivity contribution in [3.05, 3.63) is 82.9 Å². The van der Waals surface area contributed by atoms with Crippen LogP contribution in [0.4, 0.5) is 15.8 Å². The van der Waals surface area contributed by atoms with Crippen LogP contribution in [0.5, 0.6) is 0 Å². The van der Waals surface area contributed by atoms with E-state index >= 15 is 0 Å². The second-order valence-electron chi connectivity index (χ2n) is 11.4. The first-order valence-electron chi connectivity index (χ1n) is 13.1. The number of alkyl halides is 1. The van der Waals surface area contributed by atoms with Crippen molar-refractivity contribution in [2.45, 2.75) is 45.4 Å². The molecule has 0 unspecified atom stereocenters. The topological polar surface area (TPSA) is 104 Å². The molecule has 0 aliphatic heterocycles. The van der Waals surface area contributed by atoms with E-state index in [9.17, 15) is 9.65 Å². The number of benzene rings is 2. The lowest BCUT2D eigenvalue weighted by atomic mass is 9.96. The third-order valence-corrected chi connectivity index (χ3v) is 7.27. The Labute approximate surface area is 236 Å². The molecule has 1 aliphatic rings. The Hall–Kier alpha value is -4.29. The molecule has 40 heavy (non-hydrogen) atoms. The molecule has 0 bridgehead atoms. The molecule has 2 N–H and O–H groups in total. The summed E-state index contributed by atoms with van der Waals surface area (Å²) in [6, 6.07) is 15.1. The van der Waals surface area contributed by atoms with E-state index in [-0.39, 0.29) is 11.5 Å². The van der Waals surface area contributed by atoms with Crippen LogP contribution in [-0.2, 0) is 0 Å². The summed E-state index contributed by atoms with van der Waals surface area (Å²) >= 11 is 6.76. The Morgan fingerprint density at radius 3 is 2.75 bits per heavy atom. The molecule has 8 nitrogen and oxygen atoms in total. The van der Waals surface area contributed by atoms with Crippen molar-refractivity contribution in [3.8, 4) is 6.07 Å². The normalized spacial score (nSPS) is 17.5. The van der Waals surface area contributed by atoms with Gasteiger partial charge in [0.1, 0.15) is 17.9 Å². The van der Waals surface area contributed by atoms with Crippen LogP contribution in [-0.4, -0.2) is 37.7 Å². The van der Waals surface area contributed by atoms with Crippen molar-refractivity contribution in [2.24, 2.45) is 5.41 Å². The fraction of sp³-hybridized carbons (Fsp3) is 0.300. The summed E-state index contributed by atoms with van der Waals surface area (Å²) in [7, 11) is 0. The quantitative estimate of drug-likeness (QED) is 0.227. The highest BCUT2D eigenvalue weighted by molar-refractivity contribution is 6.35. The Bertz CT molecular complexity index is 1760. The lowest BCUT2D eigenvalue weighted by Gasteiger charge is -2.23. The monoisotopic (exact) mass is 554 g/mol. The van der Waals surface area contributed by atoms with Gasteiger partial charge < -0.3 is 10.6 Å². The predicted octanol–water partition coefficient (Wildman–Crippen LogP) is 6.84. The summed E-state index contributed by atoms with van der Waals surface area (Å²) in [5.41, 5.74) is 4.85. The number of aromatic nitrogens is 5. The summed E-state index contributed by atoms with van der Waals surface area (Å²) in [6.45, 7) is 7.03. The number of nitrogens with zero attached hydrogens (tertiary/aromatic N) is 6. The first-order chi connectivity index (χ1) is 19.2. The van der Waals surface area contributed by atoms with Crippen LogP contribution in [0, 0.1) is 16.7 Å². The average Bonchev–Trinajstić information content (AvgIpc) is 3.46. The second kappa shape index (κ2) is 10.0. The van der Waals surface area contributed by atoms with Gasteiger partial charge >= 0.3 is 0 Å². The molecule has 6 rings (SSSR count). The van der Waals surface area contributed by atoms with Crippen molar-refractivity contribution in [1.82, 2.24) is 25.0 Å². The van der Waals surface area contributed by atoms with Crippen molar-refractivity contribution in [3.63, 3.8) is 0 Å².